The smallest absolute Gasteiger partial charge is 0.0656 e. The summed E-state index contributed by atoms with van der Waals surface area (Å²) in [5, 5.41) is 8.83. The fraction of sp³-hybridized carbons (Fsp3) is 0.500. The van der Waals surface area contributed by atoms with Gasteiger partial charge in [0.05, 0.1) is 6.07 Å². The van der Waals surface area contributed by atoms with E-state index in [1.807, 2.05) is 11.8 Å². The average Bonchev–Trinajstić information content (AvgIpc) is 2.41. The van der Waals surface area contributed by atoms with Gasteiger partial charge in [-0.3, -0.25) is 0 Å². The second kappa shape index (κ2) is 6.68. The first-order valence-corrected chi connectivity index (χ1v) is 7.17. The number of rotatable bonds is 4. The lowest BCUT2D eigenvalue weighted by Crippen LogP contribution is -2.34. The van der Waals surface area contributed by atoms with Gasteiger partial charge in [-0.05, 0) is 38.1 Å². The lowest BCUT2D eigenvalue weighted by molar-refractivity contribution is 0.217. The zero-order valence-electron chi connectivity index (χ0n) is 10.0. The van der Waals surface area contributed by atoms with Crippen LogP contribution < -0.4 is 0 Å². The van der Waals surface area contributed by atoms with E-state index >= 15 is 0 Å². The van der Waals surface area contributed by atoms with Gasteiger partial charge in [0, 0.05) is 23.1 Å². The molecule has 0 atom stereocenters. The van der Waals surface area contributed by atoms with Gasteiger partial charge in [-0.2, -0.15) is 5.26 Å². The van der Waals surface area contributed by atoms with E-state index < -0.39 is 0 Å². The van der Waals surface area contributed by atoms with Crippen LogP contribution in [0.1, 0.15) is 12.8 Å². The maximum atomic E-state index is 8.83. The Morgan fingerprint density at radius 3 is 2.59 bits per heavy atom. The minimum absolute atomic E-state index is 0.299. The van der Waals surface area contributed by atoms with Crippen molar-refractivity contribution in [1.82, 2.24) is 4.90 Å². The molecule has 0 bridgehead atoms. The van der Waals surface area contributed by atoms with E-state index in [4.69, 9.17) is 5.26 Å². The van der Waals surface area contributed by atoms with Crippen molar-refractivity contribution in [3.8, 4) is 6.07 Å². The van der Waals surface area contributed by atoms with E-state index in [-0.39, 0.29) is 0 Å². The number of nitrogens with zero attached hydrogens (tertiary/aromatic N) is 2. The Hall–Kier alpha value is -0.980. The van der Waals surface area contributed by atoms with Crippen molar-refractivity contribution in [2.45, 2.75) is 17.7 Å². The molecular formula is C14H18N2S. The van der Waals surface area contributed by atoms with Gasteiger partial charge < -0.3 is 4.90 Å². The zero-order valence-corrected chi connectivity index (χ0v) is 10.8. The van der Waals surface area contributed by atoms with Crippen LogP contribution in [0, 0.1) is 17.2 Å². The third kappa shape index (κ3) is 4.07. The van der Waals surface area contributed by atoms with E-state index in [0.717, 1.165) is 38.2 Å². The lowest BCUT2D eigenvalue weighted by atomic mass is 9.99. The van der Waals surface area contributed by atoms with Gasteiger partial charge in [-0.25, -0.2) is 0 Å². The highest BCUT2D eigenvalue weighted by Gasteiger charge is 2.17. The van der Waals surface area contributed by atoms with E-state index in [1.165, 1.54) is 4.90 Å². The summed E-state index contributed by atoms with van der Waals surface area (Å²) in [6, 6.07) is 12.9. The van der Waals surface area contributed by atoms with E-state index in [0.29, 0.717) is 5.92 Å². The van der Waals surface area contributed by atoms with Crippen LogP contribution in [0.4, 0.5) is 0 Å². The van der Waals surface area contributed by atoms with Gasteiger partial charge in [-0.1, -0.05) is 18.2 Å². The van der Waals surface area contributed by atoms with Crippen LogP contribution in [0.5, 0.6) is 0 Å². The Bertz CT molecular complexity index is 364. The summed E-state index contributed by atoms with van der Waals surface area (Å²) in [4.78, 5) is 3.82. The van der Waals surface area contributed by atoms with Crippen LogP contribution in [0.2, 0.25) is 0 Å². The minimum atomic E-state index is 0.299. The normalized spacial score (nSPS) is 17.8. The summed E-state index contributed by atoms with van der Waals surface area (Å²) < 4.78 is 0. The summed E-state index contributed by atoms with van der Waals surface area (Å²) in [5.74, 6) is 1.44. The first kappa shape index (κ1) is 12.5. The molecule has 1 fully saturated rings. The molecule has 2 rings (SSSR count). The highest BCUT2D eigenvalue weighted by Crippen LogP contribution is 2.19. The molecule has 1 heterocycles. The Morgan fingerprint density at radius 1 is 1.24 bits per heavy atom. The van der Waals surface area contributed by atoms with E-state index in [1.54, 1.807) is 0 Å². The van der Waals surface area contributed by atoms with Crippen LogP contribution >= 0.6 is 11.8 Å². The molecule has 3 heteroatoms. The second-order valence-corrected chi connectivity index (χ2v) is 5.57. The topological polar surface area (TPSA) is 27.0 Å². The first-order chi connectivity index (χ1) is 8.38. The number of hydrogen-bond acceptors (Lipinski definition) is 3. The summed E-state index contributed by atoms with van der Waals surface area (Å²) in [6.07, 6.45) is 2.10. The van der Waals surface area contributed by atoms with Gasteiger partial charge >= 0.3 is 0 Å². The molecule has 1 saturated heterocycles. The standard InChI is InChI=1S/C14H18N2S/c15-12-13-6-8-16(9-7-13)10-11-17-14-4-2-1-3-5-14/h1-5,13H,6-11H2. The van der Waals surface area contributed by atoms with Crippen molar-refractivity contribution in [3.05, 3.63) is 30.3 Å². The number of likely N-dealkylation sites (tertiary alicyclic amines) is 1. The average molecular weight is 246 g/mol. The highest BCUT2D eigenvalue weighted by molar-refractivity contribution is 7.99. The monoisotopic (exact) mass is 246 g/mol. The fourth-order valence-electron chi connectivity index (χ4n) is 2.09. The quantitative estimate of drug-likeness (QED) is 0.764. The highest BCUT2D eigenvalue weighted by atomic mass is 32.2. The van der Waals surface area contributed by atoms with Crippen molar-refractivity contribution in [2.75, 3.05) is 25.4 Å². The minimum Gasteiger partial charge on any atom is -0.302 e. The maximum Gasteiger partial charge on any atom is 0.0656 e. The number of thioether (sulfide) groups is 1. The molecule has 0 aromatic heterocycles. The molecular weight excluding hydrogens is 228 g/mol. The van der Waals surface area contributed by atoms with Crippen LogP contribution in [0.15, 0.2) is 35.2 Å². The Balaban J connectivity index is 1.65. The molecule has 0 N–H and O–H groups in total. The molecule has 0 spiro atoms. The molecule has 0 aliphatic carbocycles. The lowest BCUT2D eigenvalue weighted by Gasteiger charge is -2.28. The van der Waals surface area contributed by atoms with Crippen molar-refractivity contribution in [3.63, 3.8) is 0 Å². The molecule has 2 nitrogen and oxygen atoms in total. The molecule has 0 amide bonds. The predicted octanol–water partition coefficient (Wildman–Crippen LogP) is 3.01. The molecule has 90 valence electrons. The van der Waals surface area contributed by atoms with Gasteiger partial charge in [0.2, 0.25) is 0 Å². The van der Waals surface area contributed by atoms with Crippen LogP contribution in [0.25, 0.3) is 0 Å². The fourth-order valence-corrected chi connectivity index (χ4v) is 3.03. The summed E-state index contributed by atoms with van der Waals surface area (Å²) in [6.45, 7) is 3.32. The number of hydrogen-bond donors (Lipinski definition) is 0. The zero-order chi connectivity index (χ0) is 11.9. The van der Waals surface area contributed by atoms with Gasteiger partial charge in [0.15, 0.2) is 0 Å². The number of piperidine rings is 1. The predicted molar refractivity (Wildman–Crippen MR) is 71.9 cm³/mol. The molecule has 0 saturated carbocycles. The third-order valence-electron chi connectivity index (χ3n) is 3.19. The molecule has 1 aliphatic heterocycles. The number of benzene rings is 1. The molecule has 0 unspecified atom stereocenters. The van der Waals surface area contributed by atoms with Crippen LogP contribution in [-0.2, 0) is 0 Å². The summed E-state index contributed by atoms with van der Waals surface area (Å²) >= 11 is 1.91. The molecule has 1 aromatic carbocycles. The third-order valence-corrected chi connectivity index (χ3v) is 4.18. The Kier molecular flexibility index (Phi) is 4.90. The Labute approximate surface area is 108 Å². The number of nitriles is 1. The molecule has 1 aromatic rings. The van der Waals surface area contributed by atoms with Gasteiger partial charge in [0.1, 0.15) is 0 Å². The van der Waals surface area contributed by atoms with Gasteiger partial charge in [-0.15, -0.1) is 11.8 Å². The van der Waals surface area contributed by atoms with Crippen molar-refractivity contribution < 1.29 is 0 Å². The van der Waals surface area contributed by atoms with Crippen LogP contribution in [0.3, 0.4) is 0 Å². The largest absolute Gasteiger partial charge is 0.302 e. The molecule has 1 aliphatic rings. The van der Waals surface area contributed by atoms with E-state index in [9.17, 15) is 0 Å². The molecule has 17 heavy (non-hydrogen) atoms. The van der Waals surface area contributed by atoms with Crippen LogP contribution in [-0.4, -0.2) is 30.3 Å². The summed E-state index contributed by atoms with van der Waals surface area (Å²) in [7, 11) is 0. The van der Waals surface area contributed by atoms with Crippen molar-refractivity contribution >= 4 is 11.8 Å². The SMILES string of the molecule is N#CC1CCN(CCSc2ccccc2)CC1. The molecule has 0 radical (unpaired) electrons. The second-order valence-electron chi connectivity index (χ2n) is 4.41. The van der Waals surface area contributed by atoms with Crippen molar-refractivity contribution in [1.29, 1.82) is 5.26 Å². The first-order valence-electron chi connectivity index (χ1n) is 6.18. The maximum absolute atomic E-state index is 8.83. The van der Waals surface area contributed by atoms with Gasteiger partial charge in [0.25, 0.3) is 0 Å². The van der Waals surface area contributed by atoms with E-state index in [2.05, 4.69) is 41.3 Å². The Morgan fingerprint density at radius 2 is 1.94 bits per heavy atom. The summed E-state index contributed by atoms with van der Waals surface area (Å²) in [5.41, 5.74) is 0. The van der Waals surface area contributed by atoms with Crippen molar-refractivity contribution in [2.24, 2.45) is 5.92 Å².